The Morgan fingerprint density at radius 1 is 1.29 bits per heavy atom. The summed E-state index contributed by atoms with van der Waals surface area (Å²) in [5, 5.41) is 2.97. The van der Waals surface area contributed by atoms with Gasteiger partial charge in [-0.2, -0.15) is 0 Å². The number of ether oxygens (including phenoxy) is 1. The van der Waals surface area contributed by atoms with Crippen molar-refractivity contribution in [3.8, 4) is 0 Å². The fourth-order valence-electron chi connectivity index (χ4n) is 3.14. The molecule has 0 bridgehead atoms. The molecule has 0 unspecified atom stereocenters. The van der Waals surface area contributed by atoms with Crippen LogP contribution in [0, 0.1) is 19.8 Å². The highest BCUT2D eigenvalue weighted by molar-refractivity contribution is 5.94. The standard InChI is InChI=1S/C18H27N3O3/c1-12-9-16(10-13(2)19-12)18(23)21-7-5-15(6-8-21)17(22)20-14(3)11-24-4/h9-10,14-15H,5-8,11H2,1-4H3,(H,20,22)/t14-/m0/s1. The fraction of sp³-hybridized carbons (Fsp3) is 0.611. The van der Waals surface area contributed by atoms with E-state index in [0.29, 0.717) is 38.1 Å². The number of aromatic nitrogens is 1. The van der Waals surface area contributed by atoms with E-state index >= 15 is 0 Å². The topological polar surface area (TPSA) is 71.5 Å². The van der Waals surface area contributed by atoms with Crippen LogP contribution < -0.4 is 5.32 Å². The SMILES string of the molecule is COC[C@H](C)NC(=O)C1CCN(C(=O)c2cc(C)nc(C)c2)CC1. The average molecular weight is 333 g/mol. The molecule has 1 aliphatic rings. The molecule has 0 saturated carbocycles. The Hall–Kier alpha value is -1.95. The van der Waals surface area contributed by atoms with E-state index in [1.54, 1.807) is 7.11 Å². The van der Waals surface area contributed by atoms with Crippen LogP contribution in [-0.2, 0) is 9.53 Å². The second kappa shape index (κ2) is 8.24. The Kier molecular flexibility index (Phi) is 6.31. The van der Waals surface area contributed by atoms with Crippen molar-refractivity contribution in [3.63, 3.8) is 0 Å². The maximum absolute atomic E-state index is 12.6. The molecule has 1 saturated heterocycles. The summed E-state index contributed by atoms with van der Waals surface area (Å²) in [6.07, 6.45) is 1.39. The lowest BCUT2D eigenvalue weighted by Crippen LogP contribution is -2.45. The van der Waals surface area contributed by atoms with E-state index < -0.39 is 0 Å². The van der Waals surface area contributed by atoms with Crippen molar-refractivity contribution in [2.75, 3.05) is 26.8 Å². The summed E-state index contributed by atoms with van der Waals surface area (Å²) in [6.45, 7) is 7.42. The smallest absolute Gasteiger partial charge is 0.253 e. The van der Waals surface area contributed by atoms with Gasteiger partial charge in [0.1, 0.15) is 0 Å². The van der Waals surface area contributed by atoms with Crippen LogP contribution in [0.1, 0.15) is 41.5 Å². The van der Waals surface area contributed by atoms with E-state index in [1.807, 2.05) is 37.8 Å². The molecule has 0 spiro atoms. The van der Waals surface area contributed by atoms with Crippen LogP contribution in [0.3, 0.4) is 0 Å². The highest BCUT2D eigenvalue weighted by Gasteiger charge is 2.28. The number of nitrogens with one attached hydrogen (secondary N) is 1. The number of carbonyl (C=O) groups excluding carboxylic acids is 2. The predicted molar refractivity (Wildman–Crippen MR) is 91.8 cm³/mol. The minimum Gasteiger partial charge on any atom is -0.383 e. The van der Waals surface area contributed by atoms with Gasteiger partial charge in [-0.1, -0.05) is 0 Å². The van der Waals surface area contributed by atoms with Crippen molar-refractivity contribution < 1.29 is 14.3 Å². The molecule has 2 amide bonds. The Bertz CT molecular complexity index is 575. The van der Waals surface area contributed by atoms with Gasteiger partial charge in [-0.25, -0.2) is 0 Å². The number of pyridine rings is 1. The summed E-state index contributed by atoms with van der Waals surface area (Å²) >= 11 is 0. The summed E-state index contributed by atoms with van der Waals surface area (Å²) in [6, 6.07) is 3.64. The first-order valence-electron chi connectivity index (χ1n) is 8.44. The fourth-order valence-corrected chi connectivity index (χ4v) is 3.14. The van der Waals surface area contributed by atoms with E-state index in [-0.39, 0.29) is 23.8 Å². The van der Waals surface area contributed by atoms with E-state index in [0.717, 1.165) is 11.4 Å². The van der Waals surface area contributed by atoms with Gasteiger partial charge in [0.25, 0.3) is 5.91 Å². The largest absolute Gasteiger partial charge is 0.383 e. The Balaban J connectivity index is 1.90. The third kappa shape index (κ3) is 4.77. The van der Waals surface area contributed by atoms with Gasteiger partial charge in [-0.15, -0.1) is 0 Å². The molecule has 1 aromatic heterocycles. The minimum atomic E-state index is -0.0331. The summed E-state index contributed by atoms with van der Waals surface area (Å²) in [7, 11) is 1.62. The molecule has 0 aromatic carbocycles. The van der Waals surface area contributed by atoms with Crippen molar-refractivity contribution in [1.82, 2.24) is 15.2 Å². The number of carbonyl (C=O) groups is 2. The van der Waals surface area contributed by atoms with Gasteiger partial charge in [-0.05, 0) is 45.7 Å². The van der Waals surface area contributed by atoms with Gasteiger partial charge >= 0.3 is 0 Å². The molecular formula is C18H27N3O3. The van der Waals surface area contributed by atoms with E-state index in [9.17, 15) is 9.59 Å². The lowest BCUT2D eigenvalue weighted by molar-refractivity contribution is -0.127. The van der Waals surface area contributed by atoms with Gasteiger partial charge in [0.2, 0.25) is 5.91 Å². The van der Waals surface area contributed by atoms with E-state index in [2.05, 4.69) is 10.3 Å². The summed E-state index contributed by atoms with van der Waals surface area (Å²) in [5.74, 6) is 0.0479. The average Bonchev–Trinajstić information content (AvgIpc) is 2.53. The molecule has 132 valence electrons. The molecule has 6 nitrogen and oxygen atoms in total. The van der Waals surface area contributed by atoms with Crippen LogP contribution in [-0.4, -0.2) is 54.5 Å². The van der Waals surface area contributed by atoms with Gasteiger partial charge in [0, 0.05) is 49.1 Å². The second-order valence-electron chi connectivity index (χ2n) is 6.57. The van der Waals surface area contributed by atoms with Gasteiger partial charge in [-0.3, -0.25) is 14.6 Å². The molecule has 2 rings (SSSR count). The van der Waals surface area contributed by atoms with Crippen molar-refractivity contribution in [1.29, 1.82) is 0 Å². The van der Waals surface area contributed by atoms with Crippen molar-refractivity contribution in [2.45, 2.75) is 39.7 Å². The van der Waals surface area contributed by atoms with Crippen LogP contribution in [0.4, 0.5) is 0 Å². The van der Waals surface area contributed by atoms with E-state index in [4.69, 9.17) is 4.74 Å². The molecule has 1 fully saturated rings. The van der Waals surface area contributed by atoms with Crippen LogP contribution in [0.5, 0.6) is 0 Å². The monoisotopic (exact) mass is 333 g/mol. The zero-order valence-corrected chi connectivity index (χ0v) is 15.0. The maximum Gasteiger partial charge on any atom is 0.253 e. The van der Waals surface area contributed by atoms with Crippen molar-refractivity contribution in [2.24, 2.45) is 5.92 Å². The third-order valence-corrected chi connectivity index (χ3v) is 4.29. The van der Waals surface area contributed by atoms with Gasteiger partial charge < -0.3 is 15.0 Å². The minimum absolute atomic E-state index is 0.00457. The number of amides is 2. The number of hydrogen-bond donors (Lipinski definition) is 1. The van der Waals surface area contributed by atoms with Crippen molar-refractivity contribution >= 4 is 11.8 Å². The predicted octanol–water partition coefficient (Wildman–Crippen LogP) is 1.70. The quantitative estimate of drug-likeness (QED) is 0.890. The zero-order valence-electron chi connectivity index (χ0n) is 15.0. The van der Waals surface area contributed by atoms with Crippen molar-refractivity contribution in [3.05, 3.63) is 29.1 Å². The number of likely N-dealkylation sites (tertiary alicyclic amines) is 1. The molecule has 1 aromatic rings. The molecule has 6 heteroatoms. The normalized spacial score (nSPS) is 16.8. The van der Waals surface area contributed by atoms with Gasteiger partial charge in [0.15, 0.2) is 0 Å². The molecular weight excluding hydrogens is 306 g/mol. The molecule has 2 heterocycles. The number of hydrogen-bond acceptors (Lipinski definition) is 4. The molecule has 1 atom stereocenters. The van der Waals surface area contributed by atoms with E-state index in [1.165, 1.54) is 0 Å². The number of rotatable bonds is 5. The first-order chi connectivity index (χ1) is 11.4. The van der Waals surface area contributed by atoms with Gasteiger partial charge in [0.05, 0.1) is 6.61 Å². The maximum atomic E-state index is 12.6. The number of nitrogens with zero attached hydrogens (tertiary/aromatic N) is 2. The third-order valence-electron chi connectivity index (χ3n) is 4.29. The first-order valence-corrected chi connectivity index (χ1v) is 8.44. The lowest BCUT2D eigenvalue weighted by atomic mass is 9.95. The highest BCUT2D eigenvalue weighted by Crippen LogP contribution is 2.20. The van der Waals surface area contributed by atoms with Crippen LogP contribution in [0.25, 0.3) is 0 Å². The van der Waals surface area contributed by atoms with Crippen LogP contribution >= 0.6 is 0 Å². The zero-order chi connectivity index (χ0) is 17.7. The second-order valence-corrected chi connectivity index (χ2v) is 6.57. The van der Waals surface area contributed by atoms with Crippen LogP contribution in [0.15, 0.2) is 12.1 Å². The summed E-state index contributed by atoms with van der Waals surface area (Å²) in [5.41, 5.74) is 2.37. The molecule has 1 aliphatic heterocycles. The first kappa shape index (κ1) is 18.4. The molecule has 1 N–H and O–H groups in total. The highest BCUT2D eigenvalue weighted by atomic mass is 16.5. The molecule has 0 aliphatic carbocycles. The Morgan fingerprint density at radius 3 is 2.42 bits per heavy atom. The number of aryl methyl sites for hydroxylation is 2. The number of methoxy groups -OCH3 is 1. The lowest BCUT2D eigenvalue weighted by Gasteiger charge is -2.32. The summed E-state index contributed by atoms with van der Waals surface area (Å²) < 4.78 is 5.04. The van der Waals surface area contributed by atoms with Crippen LogP contribution in [0.2, 0.25) is 0 Å². The molecule has 24 heavy (non-hydrogen) atoms. The Morgan fingerprint density at radius 2 is 1.88 bits per heavy atom. The molecule has 0 radical (unpaired) electrons. The number of piperidine rings is 1. The summed E-state index contributed by atoms with van der Waals surface area (Å²) in [4.78, 5) is 31.0. The Labute approximate surface area is 143 Å².